The zero-order valence-electron chi connectivity index (χ0n) is 18.3. The molecule has 0 heterocycles. The fourth-order valence-electron chi connectivity index (χ4n) is 3.07. The molecular formula is C19H36NNaO8S. The minimum Gasteiger partial charge on any atom is -0.726 e. The van der Waals surface area contributed by atoms with Gasteiger partial charge in [-0.3, -0.25) is 13.8 Å². The van der Waals surface area contributed by atoms with Gasteiger partial charge >= 0.3 is 35.5 Å². The van der Waals surface area contributed by atoms with Crippen LogP contribution in [0.25, 0.3) is 0 Å². The van der Waals surface area contributed by atoms with Gasteiger partial charge in [0, 0.05) is 12.8 Å². The van der Waals surface area contributed by atoms with E-state index in [1.165, 1.54) is 0 Å². The van der Waals surface area contributed by atoms with Gasteiger partial charge in [-0.25, -0.2) is 8.42 Å². The summed E-state index contributed by atoms with van der Waals surface area (Å²) in [5.41, 5.74) is 3.18. The van der Waals surface area contributed by atoms with Crippen molar-refractivity contribution in [3.05, 3.63) is 0 Å². The average Bonchev–Trinajstić information content (AvgIpc) is 2.64. The number of rotatable bonds is 19. The maximum atomic E-state index is 11.7. The Hall–Kier alpha value is -0.0700. The van der Waals surface area contributed by atoms with Crippen molar-refractivity contribution in [1.82, 2.24) is 0 Å². The molecule has 4 N–H and O–H groups in total. The molecule has 0 aliphatic heterocycles. The Bertz CT molecular complexity index is 587. The summed E-state index contributed by atoms with van der Waals surface area (Å²) in [4.78, 5) is 23.0. The molecule has 0 unspecified atom stereocenters. The van der Waals surface area contributed by atoms with E-state index in [-0.39, 0.29) is 36.0 Å². The van der Waals surface area contributed by atoms with Crippen LogP contribution in [0.15, 0.2) is 0 Å². The molecule has 0 saturated carbocycles. The fourth-order valence-corrected chi connectivity index (χ4v) is 3.63. The summed E-state index contributed by atoms with van der Waals surface area (Å²) in [6, 6.07) is 0. The summed E-state index contributed by atoms with van der Waals surface area (Å²) < 4.78 is 36.8. The smallest absolute Gasteiger partial charge is 0.726 e. The summed E-state index contributed by atoms with van der Waals surface area (Å²) >= 11 is 0. The van der Waals surface area contributed by atoms with E-state index < -0.39 is 34.6 Å². The van der Waals surface area contributed by atoms with Crippen molar-refractivity contribution in [1.29, 1.82) is 0 Å². The molecule has 9 nitrogen and oxygen atoms in total. The second-order valence-electron chi connectivity index (χ2n) is 7.51. The Kier molecular flexibility index (Phi) is 18.7. The second kappa shape index (κ2) is 17.5. The van der Waals surface area contributed by atoms with Crippen molar-refractivity contribution < 1.29 is 66.5 Å². The molecule has 0 saturated heterocycles. The van der Waals surface area contributed by atoms with Gasteiger partial charge < -0.3 is 20.5 Å². The van der Waals surface area contributed by atoms with Crippen LogP contribution in [0.3, 0.4) is 0 Å². The number of aliphatic hydroxyl groups excluding tert-OH is 1. The van der Waals surface area contributed by atoms with Crippen LogP contribution in [0.2, 0.25) is 0 Å². The Morgan fingerprint density at radius 2 is 1.47 bits per heavy atom. The zero-order chi connectivity index (χ0) is 22.3. The number of carbonyl (C=O) groups is 2. The number of hydrogen-bond donors (Lipinski definition) is 3. The predicted molar refractivity (Wildman–Crippen MR) is 107 cm³/mol. The molecule has 0 bridgehead atoms. The van der Waals surface area contributed by atoms with Crippen LogP contribution in [0, 0.1) is 0 Å². The quantitative estimate of drug-likeness (QED) is 0.0972. The van der Waals surface area contributed by atoms with Crippen molar-refractivity contribution in [3.63, 3.8) is 0 Å². The van der Waals surface area contributed by atoms with E-state index in [2.05, 4.69) is 11.1 Å². The van der Waals surface area contributed by atoms with Crippen LogP contribution >= 0.6 is 0 Å². The number of nitrogens with two attached hydrogens (primary N) is 1. The molecule has 0 aliphatic carbocycles. The van der Waals surface area contributed by atoms with Crippen LogP contribution in [-0.4, -0.2) is 53.2 Å². The van der Waals surface area contributed by atoms with Gasteiger partial charge in [0.2, 0.25) is 10.4 Å². The van der Waals surface area contributed by atoms with Crippen molar-refractivity contribution in [2.45, 2.75) is 102 Å². The Morgan fingerprint density at radius 3 is 1.90 bits per heavy atom. The molecule has 2 atom stereocenters. The van der Waals surface area contributed by atoms with Gasteiger partial charge in [0.25, 0.3) is 0 Å². The van der Waals surface area contributed by atoms with Gasteiger partial charge in [0.05, 0.1) is 6.61 Å². The largest absolute Gasteiger partial charge is 1.00 e. The number of ketones is 1. The number of Topliss-reactive ketones (excluding diaryl/α,β-unsaturated/α-hetero) is 1. The van der Waals surface area contributed by atoms with Gasteiger partial charge in [0.15, 0.2) is 5.54 Å². The summed E-state index contributed by atoms with van der Waals surface area (Å²) in [6.45, 7) is 1.07. The SMILES string of the molecule is CCCCCCC(=O)CCCCCCCC[C@@H](OS(=O)(=O)[O-])[C@@](N)(CO)C(=O)O.[Na+]. The van der Waals surface area contributed by atoms with Gasteiger partial charge in [0.1, 0.15) is 11.9 Å². The molecule has 0 fully saturated rings. The van der Waals surface area contributed by atoms with Crippen molar-refractivity contribution in [2.75, 3.05) is 6.61 Å². The van der Waals surface area contributed by atoms with Crippen LogP contribution in [0.5, 0.6) is 0 Å². The van der Waals surface area contributed by atoms with Crippen LogP contribution in [0.1, 0.15) is 90.4 Å². The van der Waals surface area contributed by atoms with Gasteiger partial charge in [-0.15, -0.1) is 0 Å². The Labute approximate surface area is 202 Å². The molecule has 0 aliphatic rings. The van der Waals surface area contributed by atoms with Crippen molar-refractivity contribution >= 4 is 22.2 Å². The molecular weight excluding hydrogens is 425 g/mol. The number of carbonyl (C=O) groups excluding carboxylic acids is 1. The summed E-state index contributed by atoms with van der Waals surface area (Å²) in [5.74, 6) is -1.34. The second-order valence-corrected chi connectivity index (χ2v) is 8.52. The number of hydrogen-bond acceptors (Lipinski definition) is 8. The third-order valence-corrected chi connectivity index (χ3v) is 5.42. The summed E-state index contributed by atoms with van der Waals surface area (Å²) in [5, 5.41) is 18.4. The Morgan fingerprint density at radius 1 is 1.00 bits per heavy atom. The topological polar surface area (TPSA) is 167 Å². The molecule has 0 amide bonds. The Balaban J connectivity index is 0. The first-order valence-corrected chi connectivity index (χ1v) is 11.7. The molecule has 11 heteroatoms. The average molecular weight is 462 g/mol. The van der Waals surface area contributed by atoms with Crippen LogP contribution in [-0.2, 0) is 24.2 Å². The molecule has 172 valence electrons. The zero-order valence-corrected chi connectivity index (χ0v) is 21.1. The first-order chi connectivity index (χ1) is 13.6. The van der Waals surface area contributed by atoms with Crippen molar-refractivity contribution in [2.24, 2.45) is 5.73 Å². The normalized spacial score (nSPS) is 14.5. The van der Waals surface area contributed by atoms with E-state index >= 15 is 0 Å². The third-order valence-electron chi connectivity index (χ3n) is 4.95. The molecule has 0 spiro atoms. The van der Waals surface area contributed by atoms with E-state index in [0.717, 1.165) is 51.4 Å². The number of aliphatic hydroxyl groups is 1. The fraction of sp³-hybridized carbons (Fsp3) is 0.895. The molecule has 0 aromatic carbocycles. The van der Waals surface area contributed by atoms with E-state index in [0.29, 0.717) is 31.5 Å². The summed E-state index contributed by atoms with van der Waals surface area (Å²) in [6.07, 6.45) is 8.38. The predicted octanol–water partition coefficient (Wildman–Crippen LogP) is -0.729. The van der Waals surface area contributed by atoms with E-state index in [1.54, 1.807) is 0 Å². The van der Waals surface area contributed by atoms with E-state index in [9.17, 15) is 27.7 Å². The maximum Gasteiger partial charge on any atom is 1.00 e. The first-order valence-electron chi connectivity index (χ1n) is 10.4. The summed E-state index contributed by atoms with van der Waals surface area (Å²) in [7, 11) is -5.16. The molecule has 0 aromatic heterocycles. The minimum atomic E-state index is -5.16. The van der Waals surface area contributed by atoms with Crippen LogP contribution < -0.4 is 35.3 Å². The van der Waals surface area contributed by atoms with Gasteiger partial charge in [-0.1, -0.05) is 58.3 Å². The monoisotopic (exact) mass is 461 g/mol. The molecule has 0 radical (unpaired) electrons. The molecule has 0 aromatic rings. The van der Waals surface area contributed by atoms with Gasteiger partial charge in [-0.2, -0.15) is 0 Å². The van der Waals surface area contributed by atoms with E-state index in [4.69, 9.17) is 10.8 Å². The molecule has 0 rings (SSSR count). The standard InChI is InChI=1S/C19H37NO8S.Na/c1-2-3-4-9-12-16(22)13-10-7-5-6-8-11-14-17(28-29(25,26)27)19(20,15-21)18(23)24;/h17,21H,2-15,20H2,1H3,(H,23,24)(H,25,26,27);/q;+1/p-1/t17-,19+;/m1./s1. The van der Waals surface area contributed by atoms with E-state index in [1.807, 2.05) is 0 Å². The molecule has 30 heavy (non-hydrogen) atoms. The number of unbranched alkanes of at least 4 members (excludes halogenated alkanes) is 8. The number of carboxylic acids is 1. The number of carboxylic acid groups (broad SMARTS) is 1. The van der Waals surface area contributed by atoms with Crippen LogP contribution in [0.4, 0.5) is 0 Å². The number of aliphatic carboxylic acids is 1. The van der Waals surface area contributed by atoms with Gasteiger partial charge in [-0.05, 0) is 19.3 Å². The maximum absolute atomic E-state index is 11.7. The third kappa shape index (κ3) is 14.9. The van der Waals surface area contributed by atoms with Crippen molar-refractivity contribution in [3.8, 4) is 0 Å². The first kappa shape index (κ1) is 32.1. The minimum absolute atomic E-state index is 0.